The lowest BCUT2D eigenvalue weighted by Gasteiger charge is -2.39. The molecule has 0 N–H and O–H groups in total. The van der Waals surface area contributed by atoms with Gasteiger partial charge in [-0.05, 0) is 74.6 Å². The van der Waals surface area contributed by atoms with Gasteiger partial charge in [-0.25, -0.2) is 13.9 Å². The van der Waals surface area contributed by atoms with E-state index in [-0.39, 0.29) is 23.4 Å². The molecule has 6 rings (SSSR count). The summed E-state index contributed by atoms with van der Waals surface area (Å²) in [6.07, 6.45) is 11.4. The molecule has 2 aromatic carbocycles. The standard InChI is InChI=1S/C31H34FN3O3/c1-38-31(37)26-19-33-35(29(26)21-15-16-21)23-11-6-10-22(18-23)24-12-7-13-25(28(24)32)30(36)34-17-5-4-14-27(34)20-8-2-3-9-20/h6-7,10-13,18-21,27H,2-5,8-9,14-17H2,1H3. The fourth-order valence-electron chi connectivity index (χ4n) is 6.50. The zero-order chi connectivity index (χ0) is 26.2. The molecule has 7 heteroatoms. The first-order valence-corrected chi connectivity index (χ1v) is 13.9. The molecule has 1 aliphatic heterocycles. The zero-order valence-electron chi connectivity index (χ0n) is 21.9. The highest BCUT2D eigenvalue weighted by atomic mass is 19.1. The molecule has 2 saturated carbocycles. The first-order chi connectivity index (χ1) is 18.6. The van der Waals surface area contributed by atoms with Crippen molar-refractivity contribution in [3.8, 4) is 16.8 Å². The van der Waals surface area contributed by atoms with Crippen LogP contribution in [0, 0.1) is 11.7 Å². The van der Waals surface area contributed by atoms with Gasteiger partial charge in [0.25, 0.3) is 5.91 Å². The van der Waals surface area contributed by atoms with Gasteiger partial charge in [-0.2, -0.15) is 5.10 Å². The number of rotatable bonds is 6. The van der Waals surface area contributed by atoms with Gasteiger partial charge in [-0.3, -0.25) is 4.79 Å². The van der Waals surface area contributed by atoms with E-state index in [0.29, 0.717) is 29.2 Å². The molecule has 38 heavy (non-hydrogen) atoms. The molecule has 0 bridgehead atoms. The fraction of sp³-hybridized carbons (Fsp3) is 0.452. The second kappa shape index (κ2) is 10.4. The molecule has 3 fully saturated rings. The summed E-state index contributed by atoms with van der Waals surface area (Å²) in [5.74, 6) is -0.288. The van der Waals surface area contributed by atoms with E-state index in [2.05, 4.69) is 5.10 Å². The van der Waals surface area contributed by atoms with E-state index in [4.69, 9.17) is 4.74 Å². The summed E-state index contributed by atoms with van der Waals surface area (Å²) >= 11 is 0. The third kappa shape index (κ3) is 4.52. The number of amides is 1. The number of hydrogen-bond acceptors (Lipinski definition) is 4. The van der Waals surface area contributed by atoms with Gasteiger partial charge in [-0.1, -0.05) is 37.1 Å². The van der Waals surface area contributed by atoms with Crippen molar-refractivity contribution in [1.82, 2.24) is 14.7 Å². The number of methoxy groups -OCH3 is 1. The molecule has 2 heterocycles. The average Bonchev–Trinajstić information content (AvgIpc) is 3.45. The van der Waals surface area contributed by atoms with Crippen molar-refractivity contribution >= 4 is 11.9 Å². The Balaban J connectivity index is 1.33. The SMILES string of the molecule is COC(=O)c1cnn(-c2cccc(-c3cccc(C(=O)N4CCCCC4C4CCCC4)c3F)c2)c1C1CC1. The first kappa shape index (κ1) is 24.8. The predicted octanol–water partition coefficient (Wildman–Crippen LogP) is 6.53. The lowest BCUT2D eigenvalue weighted by atomic mass is 9.88. The van der Waals surface area contributed by atoms with E-state index in [1.165, 1.54) is 20.0 Å². The van der Waals surface area contributed by atoms with E-state index in [9.17, 15) is 9.59 Å². The predicted molar refractivity (Wildman–Crippen MR) is 143 cm³/mol. The van der Waals surface area contributed by atoms with E-state index < -0.39 is 11.8 Å². The van der Waals surface area contributed by atoms with Crippen molar-refractivity contribution in [2.45, 2.75) is 69.7 Å². The molecule has 0 spiro atoms. The van der Waals surface area contributed by atoms with Gasteiger partial charge in [0.05, 0.1) is 30.3 Å². The van der Waals surface area contributed by atoms with Crippen LogP contribution in [-0.2, 0) is 4.74 Å². The van der Waals surface area contributed by atoms with Crippen LogP contribution in [0.3, 0.4) is 0 Å². The quantitative estimate of drug-likeness (QED) is 0.350. The Morgan fingerprint density at radius 1 is 0.947 bits per heavy atom. The molecular formula is C31H34FN3O3. The Bertz CT molecular complexity index is 1360. The number of nitrogens with zero attached hydrogens (tertiary/aromatic N) is 3. The molecule has 1 unspecified atom stereocenters. The maximum absolute atomic E-state index is 16.0. The van der Waals surface area contributed by atoms with E-state index in [1.807, 2.05) is 29.2 Å². The monoisotopic (exact) mass is 515 g/mol. The molecule has 3 aliphatic rings. The summed E-state index contributed by atoms with van der Waals surface area (Å²) in [5.41, 5.74) is 3.24. The van der Waals surface area contributed by atoms with E-state index >= 15 is 4.39 Å². The molecule has 1 atom stereocenters. The Hall–Kier alpha value is -3.48. The van der Waals surface area contributed by atoms with Crippen LogP contribution in [0.2, 0.25) is 0 Å². The Labute approximate surface area is 222 Å². The molecule has 2 aliphatic carbocycles. The molecule has 6 nitrogen and oxygen atoms in total. The lowest BCUT2D eigenvalue weighted by Crippen LogP contribution is -2.47. The van der Waals surface area contributed by atoms with Gasteiger partial charge in [0.2, 0.25) is 0 Å². The number of ether oxygens (including phenoxy) is 1. The summed E-state index contributed by atoms with van der Waals surface area (Å²) in [7, 11) is 1.37. The molecule has 3 aromatic rings. The van der Waals surface area contributed by atoms with Gasteiger partial charge in [-0.15, -0.1) is 0 Å². The first-order valence-electron chi connectivity index (χ1n) is 13.9. The van der Waals surface area contributed by atoms with E-state index in [0.717, 1.165) is 56.3 Å². The minimum absolute atomic E-state index is 0.142. The van der Waals surface area contributed by atoms with Gasteiger partial charge in [0.15, 0.2) is 0 Å². The zero-order valence-corrected chi connectivity index (χ0v) is 21.9. The molecule has 1 aromatic heterocycles. The van der Waals surface area contributed by atoms with Crippen LogP contribution in [0.25, 0.3) is 16.8 Å². The topological polar surface area (TPSA) is 64.4 Å². The van der Waals surface area contributed by atoms with Gasteiger partial charge < -0.3 is 9.64 Å². The second-order valence-electron chi connectivity index (χ2n) is 10.9. The number of aromatic nitrogens is 2. The summed E-state index contributed by atoms with van der Waals surface area (Å²) in [6, 6.07) is 12.8. The number of hydrogen-bond donors (Lipinski definition) is 0. The maximum atomic E-state index is 16.0. The van der Waals surface area contributed by atoms with Crippen LogP contribution in [0.1, 0.15) is 90.1 Å². The minimum Gasteiger partial charge on any atom is -0.465 e. The van der Waals surface area contributed by atoms with Gasteiger partial charge >= 0.3 is 5.97 Å². The van der Waals surface area contributed by atoms with Crippen LogP contribution in [-0.4, -0.2) is 46.3 Å². The van der Waals surface area contributed by atoms with Crippen LogP contribution >= 0.6 is 0 Å². The van der Waals surface area contributed by atoms with Crippen LogP contribution in [0.15, 0.2) is 48.7 Å². The number of piperidine rings is 1. The van der Waals surface area contributed by atoms with Crippen molar-refractivity contribution in [3.05, 3.63) is 71.3 Å². The minimum atomic E-state index is -0.483. The van der Waals surface area contributed by atoms with Gasteiger partial charge in [0.1, 0.15) is 11.4 Å². The Kier molecular flexibility index (Phi) is 6.76. The number of likely N-dealkylation sites (tertiary alicyclic amines) is 1. The van der Waals surface area contributed by atoms with Crippen molar-refractivity contribution < 1.29 is 18.7 Å². The maximum Gasteiger partial charge on any atom is 0.341 e. The van der Waals surface area contributed by atoms with Crippen molar-refractivity contribution in [1.29, 1.82) is 0 Å². The third-order valence-corrected chi connectivity index (χ3v) is 8.56. The summed E-state index contributed by atoms with van der Waals surface area (Å²) < 4.78 is 22.8. The normalized spacial score (nSPS) is 20.1. The van der Waals surface area contributed by atoms with Crippen LogP contribution < -0.4 is 0 Å². The second-order valence-corrected chi connectivity index (χ2v) is 10.9. The fourth-order valence-corrected chi connectivity index (χ4v) is 6.50. The smallest absolute Gasteiger partial charge is 0.341 e. The van der Waals surface area contributed by atoms with Crippen molar-refractivity contribution in [3.63, 3.8) is 0 Å². The Morgan fingerprint density at radius 3 is 2.47 bits per heavy atom. The molecular weight excluding hydrogens is 481 g/mol. The third-order valence-electron chi connectivity index (χ3n) is 8.56. The molecule has 1 saturated heterocycles. The summed E-state index contributed by atoms with van der Waals surface area (Å²) in [4.78, 5) is 28.0. The van der Waals surface area contributed by atoms with Crippen molar-refractivity contribution in [2.24, 2.45) is 5.92 Å². The highest BCUT2D eigenvalue weighted by molar-refractivity contribution is 5.96. The molecule has 1 amide bonds. The number of halogens is 1. The highest BCUT2D eigenvalue weighted by Gasteiger charge is 2.36. The molecule has 198 valence electrons. The largest absolute Gasteiger partial charge is 0.465 e. The number of benzene rings is 2. The Morgan fingerprint density at radius 2 is 1.71 bits per heavy atom. The number of esters is 1. The van der Waals surface area contributed by atoms with Gasteiger partial charge in [0, 0.05) is 24.1 Å². The van der Waals surface area contributed by atoms with Crippen molar-refractivity contribution in [2.75, 3.05) is 13.7 Å². The highest BCUT2D eigenvalue weighted by Crippen LogP contribution is 2.43. The lowest BCUT2D eigenvalue weighted by molar-refractivity contribution is 0.0513. The van der Waals surface area contributed by atoms with Crippen LogP contribution in [0.4, 0.5) is 4.39 Å². The summed E-state index contributed by atoms with van der Waals surface area (Å²) in [6.45, 7) is 0.699. The number of carbonyl (C=O) groups excluding carboxylic acids is 2. The van der Waals surface area contributed by atoms with E-state index in [1.54, 1.807) is 29.1 Å². The molecule has 0 radical (unpaired) electrons. The summed E-state index contributed by atoms with van der Waals surface area (Å²) in [5, 5.41) is 4.49. The van der Waals surface area contributed by atoms with Crippen LogP contribution in [0.5, 0.6) is 0 Å². The number of carbonyl (C=O) groups is 2. The average molecular weight is 516 g/mol.